The number of hydrogen-bond donors (Lipinski definition) is 0. The molecule has 2 amide bonds. The molecule has 136 valence electrons. The summed E-state index contributed by atoms with van der Waals surface area (Å²) in [5.41, 5.74) is 1.73. The zero-order valence-corrected chi connectivity index (χ0v) is 14.6. The molecule has 0 saturated carbocycles. The molecule has 8 nitrogen and oxygen atoms in total. The van der Waals surface area contributed by atoms with E-state index in [9.17, 15) is 14.4 Å². The number of aryl methyl sites for hydroxylation is 2. The highest BCUT2D eigenvalue weighted by Crippen LogP contribution is 2.16. The van der Waals surface area contributed by atoms with Crippen LogP contribution in [0.3, 0.4) is 0 Å². The third kappa shape index (κ3) is 4.00. The Kier molecular flexibility index (Phi) is 5.35. The molecular weight excluding hydrogens is 324 g/mol. The Bertz CT molecular complexity index is 707. The van der Waals surface area contributed by atoms with E-state index in [-0.39, 0.29) is 24.1 Å². The number of carbonyl (C=O) groups is 2. The van der Waals surface area contributed by atoms with Gasteiger partial charge in [-0.3, -0.25) is 9.59 Å². The second-order valence-corrected chi connectivity index (χ2v) is 6.39. The summed E-state index contributed by atoms with van der Waals surface area (Å²) in [6, 6.07) is 1.62. The molecule has 0 radical (unpaired) electrons. The first kappa shape index (κ1) is 17.4. The van der Waals surface area contributed by atoms with Crippen LogP contribution in [0.15, 0.2) is 10.9 Å². The molecule has 0 atom stereocenters. The Balaban J connectivity index is 1.60. The smallest absolute Gasteiger partial charge is 0.409 e. The minimum atomic E-state index is -0.345. The summed E-state index contributed by atoms with van der Waals surface area (Å²) in [5.74, 6) is -0.145. The van der Waals surface area contributed by atoms with Crippen LogP contribution in [0, 0.1) is 0 Å². The summed E-state index contributed by atoms with van der Waals surface area (Å²) >= 11 is 0. The number of ether oxygens (including phenoxy) is 1. The minimum absolute atomic E-state index is 0.0501. The van der Waals surface area contributed by atoms with Crippen molar-refractivity contribution in [1.29, 1.82) is 0 Å². The summed E-state index contributed by atoms with van der Waals surface area (Å²) in [7, 11) is 0. The number of carbonyl (C=O) groups excluding carboxylic acids is 2. The van der Waals surface area contributed by atoms with Gasteiger partial charge in [-0.25, -0.2) is 9.48 Å². The number of nitrogens with zero attached hydrogens (tertiary/aromatic N) is 4. The number of aromatic nitrogens is 2. The molecule has 0 unspecified atom stereocenters. The quantitative estimate of drug-likeness (QED) is 0.790. The van der Waals surface area contributed by atoms with E-state index in [2.05, 4.69) is 5.10 Å². The molecule has 1 aromatic heterocycles. The van der Waals surface area contributed by atoms with Crippen LogP contribution in [0.4, 0.5) is 4.79 Å². The largest absolute Gasteiger partial charge is 0.450 e. The first-order valence-electron chi connectivity index (χ1n) is 8.88. The van der Waals surface area contributed by atoms with E-state index in [0.717, 1.165) is 36.9 Å². The molecule has 2 heterocycles. The summed E-state index contributed by atoms with van der Waals surface area (Å²) in [5, 5.41) is 4.39. The number of rotatable bonds is 3. The van der Waals surface area contributed by atoms with Crippen molar-refractivity contribution in [3.63, 3.8) is 0 Å². The number of fused-ring (bicyclic) bond motifs is 1. The third-order valence-electron chi connectivity index (χ3n) is 4.72. The van der Waals surface area contributed by atoms with Crippen LogP contribution >= 0.6 is 0 Å². The van der Waals surface area contributed by atoms with E-state index in [1.807, 2.05) is 0 Å². The SMILES string of the molecule is CCOC(=O)N1CCN(C(=O)Cn2nc3c(cc2=O)CCCC3)CC1. The lowest BCUT2D eigenvalue weighted by Gasteiger charge is -2.34. The highest BCUT2D eigenvalue weighted by molar-refractivity contribution is 5.76. The fourth-order valence-corrected chi connectivity index (χ4v) is 3.30. The van der Waals surface area contributed by atoms with E-state index < -0.39 is 0 Å². The Morgan fingerprint density at radius 3 is 2.52 bits per heavy atom. The normalized spacial score (nSPS) is 17.2. The molecular formula is C17H24N4O4. The lowest BCUT2D eigenvalue weighted by atomic mass is 9.97. The summed E-state index contributed by atoms with van der Waals surface area (Å²) in [4.78, 5) is 39.6. The minimum Gasteiger partial charge on any atom is -0.450 e. The molecule has 2 aliphatic rings. The summed E-state index contributed by atoms with van der Waals surface area (Å²) in [6.07, 6.45) is 3.57. The van der Waals surface area contributed by atoms with Gasteiger partial charge in [0.1, 0.15) is 6.54 Å². The molecule has 3 rings (SSSR count). The van der Waals surface area contributed by atoms with E-state index in [1.54, 1.807) is 22.8 Å². The van der Waals surface area contributed by atoms with Crippen LogP contribution in [0.25, 0.3) is 0 Å². The van der Waals surface area contributed by atoms with Crippen molar-refractivity contribution in [2.24, 2.45) is 0 Å². The van der Waals surface area contributed by atoms with Crippen molar-refractivity contribution in [3.8, 4) is 0 Å². The van der Waals surface area contributed by atoms with E-state index in [1.165, 1.54) is 4.68 Å². The zero-order valence-electron chi connectivity index (χ0n) is 14.6. The van der Waals surface area contributed by atoms with Crippen molar-refractivity contribution in [2.75, 3.05) is 32.8 Å². The molecule has 1 aliphatic heterocycles. The second-order valence-electron chi connectivity index (χ2n) is 6.39. The first-order chi connectivity index (χ1) is 12.1. The molecule has 0 bridgehead atoms. The highest BCUT2D eigenvalue weighted by Gasteiger charge is 2.25. The Hall–Kier alpha value is -2.38. The van der Waals surface area contributed by atoms with Crippen molar-refractivity contribution in [3.05, 3.63) is 27.7 Å². The summed E-state index contributed by atoms with van der Waals surface area (Å²) < 4.78 is 6.24. The van der Waals surface area contributed by atoms with Crippen LogP contribution < -0.4 is 5.56 Å². The van der Waals surface area contributed by atoms with Crippen molar-refractivity contribution >= 4 is 12.0 Å². The molecule has 25 heavy (non-hydrogen) atoms. The maximum Gasteiger partial charge on any atom is 0.409 e. The molecule has 0 spiro atoms. The lowest BCUT2D eigenvalue weighted by Crippen LogP contribution is -2.51. The van der Waals surface area contributed by atoms with Crippen LogP contribution in [-0.2, 0) is 28.9 Å². The van der Waals surface area contributed by atoms with Crippen LogP contribution in [0.1, 0.15) is 31.0 Å². The van der Waals surface area contributed by atoms with E-state index in [0.29, 0.717) is 32.8 Å². The van der Waals surface area contributed by atoms with Gasteiger partial charge in [0.05, 0.1) is 12.3 Å². The van der Waals surface area contributed by atoms with Crippen molar-refractivity contribution in [2.45, 2.75) is 39.2 Å². The fourth-order valence-electron chi connectivity index (χ4n) is 3.30. The standard InChI is InChI=1S/C17H24N4O4/c1-2-25-17(24)20-9-7-19(8-10-20)16(23)12-21-15(22)11-13-5-3-4-6-14(13)18-21/h11H,2-10,12H2,1H3. The predicted molar refractivity (Wildman–Crippen MR) is 90.3 cm³/mol. The molecule has 8 heteroatoms. The first-order valence-corrected chi connectivity index (χ1v) is 8.88. The molecule has 0 aromatic carbocycles. The van der Waals surface area contributed by atoms with Crippen molar-refractivity contribution in [1.82, 2.24) is 19.6 Å². The Morgan fingerprint density at radius 2 is 1.80 bits per heavy atom. The van der Waals surface area contributed by atoms with Crippen molar-refractivity contribution < 1.29 is 14.3 Å². The van der Waals surface area contributed by atoms with Gasteiger partial charge in [-0.05, 0) is 38.2 Å². The monoisotopic (exact) mass is 348 g/mol. The number of piperazine rings is 1. The third-order valence-corrected chi connectivity index (χ3v) is 4.72. The van der Waals surface area contributed by atoms with E-state index >= 15 is 0 Å². The van der Waals surface area contributed by atoms with Gasteiger partial charge >= 0.3 is 6.09 Å². The van der Waals surface area contributed by atoms with Gasteiger partial charge in [-0.15, -0.1) is 0 Å². The highest BCUT2D eigenvalue weighted by atomic mass is 16.6. The number of amides is 2. The Morgan fingerprint density at radius 1 is 1.12 bits per heavy atom. The number of hydrogen-bond acceptors (Lipinski definition) is 5. The maximum atomic E-state index is 12.5. The van der Waals surface area contributed by atoms with Gasteiger partial charge in [-0.1, -0.05) is 0 Å². The van der Waals surface area contributed by atoms with Gasteiger partial charge in [0, 0.05) is 32.2 Å². The molecule has 1 aliphatic carbocycles. The van der Waals surface area contributed by atoms with Crippen LogP contribution in [0.5, 0.6) is 0 Å². The van der Waals surface area contributed by atoms with Gasteiger partial charge in [0.15, 0.2) is 0 Å². The summed E-state index contributed by atoms with van der Waals surface area (Å²) in [6.45, 7) is 3.82. The zero-order chi connectivity index (χ0) is 17.8. The maximum absolute atomic E-state index is 12.5. The molecule has 1 aromatic rings. The van der Waals surface area contributed by atoms with Crippen LogP contribution in [0.2, 0.25) is 0 Å². The van der Waals surface area contributed by atoms with Crippen LogP contribution in [-0.4, -0.2) is 64.4 Å². The fraction of sp³-hybridized carbons (Fsp3) is 0.647. The molecule has 0 N–H and O–H groups in total. The van der Waals surface area contributed by atoms with Gasteiger partial charge in [-0.2, -0.15) is 5.10 Å². The van der Waals surface area contributed by atoms with E-state index in [4.69, 9.17) is 4.74 Å². The molecule has 1 fully saturated rings. The van der Waals surface area contributed by atoms with Gasteiger partial charge in [0.25, 0.3) is 5.56 Å². The lowest BCUT2D eigenvalue weighted by molar-refractivity contribution is -0.133. The van der Waals surface area contributed by atoms with Gasteiger partial charge < -0.3 is 14.5 Å². The average molecular weight is 348 g/mol. The average Bonchev–Trinajstić information content (AvgIpc) is 2.62. The Labute approximate surface area is 146 Å². The van der Waals surface area contributed by atoms with Gasteiger partial charge in [0.2, 0.25) is 5.91 Å². The topological polar surface area (TPSA) is 84.7 Å². The molecule has 1 saturated heterocycles. The second kappa shape index (κ2) is 7.67. The predicted octanol–water partition coefficient (Wildman–Crippen LogP) is 0.423.